The van der Waals surface area contributed by atoms with Gasteiger partial charge in [-0.25, -0.2) is 8.42 Å². The molecule has 102 valence electrons. The van der Waals surface area contributed by atoms with Crippen molar-refractivity contribution in [1.82, 2.24) is 9.88 Å². The molecule has 0 atom stereocenters. The van der Waals surface area contributed by atoms with Crippen molar-refractivity contribution in [3.05, 3.63) is 36.0 Å². The summed E-state index contributed by atoms with van der Waals surface area (Å²) < 4.78 is 22.2. The topological polar surface area (TPSA) is 70.2 Å². The molecule has 2 rings (SSSR count). The van der Waals surface area contributed by atoms with Crippen LogP contribution >= 0.6 is 0 Å². The van der Waals surface area contributed by atoms with E-state index in [4.69, 9.17) is 0 Å². The summed E-state index contributed by atoms with van der Waals surface area (Å²) in [5.41, 5.74) is 1.47. The van der Waals surface area contributed by atoms with Gasteiger partial charge < -0.3 is 9.88 Å². The summed E-state index contributed by atoms with van der Waals surface area (Å²) in [6.45, 7) is 0.193. The van der Waals surface area contributed by atoms with Gasteiger partial charge in [0.15, 0.2) is 0 Å². The van der Waals surface area contributed by atoms with Gasteiger partial charge in [0.1, 0.15) is 9.84 Å². The second-order valence-corrected chi connectivity index (χ2v) is 6.86. The molecule has 1 N–H and O–H groups in total. The van der Waals surface area contributed by atoms with Crippen LogP contribution in [-0.2, 0) is 9.84 Å². The molecule has 0 fully saturated rings. The molecule has 0 spiro atoms. The summed E-state index contributed by atoms with van der Waals surface area (Å²) in [5.74, 6) is -0.202. The molecular formula is C13H16N2O3S. The first-order chi connectivity index (χ1) is 8.88. The van der Waals surface area contributed by atoms with Crippen molar-refractivity contribution in [3.63, 3.8) is 0 Å². The molecule has 1 heterocycles. The van der Waals surface area contributed by atoms with Gasteiger partial charge in [0.25, 0.3) is 5.91 Å². The summed E-state index contributed by atoms with van der Waals surface area (Å²) in [6.07, 6.45) is 2.94. The Morgan fingerprint density at radius 1 is 1.32 bits per heavy atom. The van der Waals surface area contributed by atoms with E-state index in [0.717, 1.165) is 17.2 Å². The van der Waals surface area contributed by atoms with Gasteiger partial charge in [0, 0.05) is 42.5 Å². The van der Waals surface area contributed by atoms with Crippen LogP contribution in [0, 0.1) is 0 Å². The summed E-state index contributed by atoms with van der Waals surface area (Å²) in [7, 11) is -1.46. The van der Waals surface area contributed by atoms with E-state index in [2.05, 4.69) is 4.98 Å². The van der Waals surface area contributed by atoms with Crippen molar-refractivity contribution < 1.29 is 13.2 Å². The summed E-state index contributed by atoms with van der Waals surface area (Å²) in [4.78, 5) is 16.8. The molecule has 0 aliphatic rings. The maximum absolute atomic E-state index is 12.3. The van der Waals surface area contributed by atoms with Gasteiger partial charge in [-0.15, -0.1) is 0 Å². The second kappa shape index (κ2) is 5.05. The highest BCUT2D eigenvalue weighted by atomic mass is 32.2. The maximum Gasteiger partial charge on any atom is 0.254 e. The molecule has 1 amide bonds. The van der Waals surface area contributed by atoms with Crippen LogP contribution in [0.1, 0.15) is 10.4 Å². The Morgan fingerprint density at radius 2 is 2.05 bits per heavy atom. The standard InChI is InChI=1S/C13H16N2O3S/c1-15(8-9-19(2,17)18)13(16)11-4-3-5-12-10(11)6-7-14-12/h3-7,14H,8-9H2,1-2H3. The van der Waals surface area contributed by atoms with Crippen molar-refractivity contribution in [3.8, 4) is 0 Å². The highest BCUT2D eigenvalue weighted by molar-refractivity contribution is 7.90. The quantitative estimate of drug-likeness (QED) is 0.917. The number of sulfone groups is 1. The molecule has 6 heteroatoms. The van der Waals surface area contributed by atoms with E-state index in [9.17, 15) is 13.2 Å². The molecule has 0 radical (unpaired) electrons. The Labute approximate surface area is 112 Å². The molecule has 19 heavy (non-hydrogen) atoms. The summed E-state index contributed by atoms with van der Waals surface area (Å²) in [5, 5.41) is 0.846. The molecule has 0 saturated heterocycles. The van der Waals surface area contributed by atoms with Crippen LogP contribution < -0.4 is 0 Å². The van der Waals surface area contributed by atoms with Crippen LogP contribution in [0.25, 0.3) is 10.9 Å². The van der Waals surface area contributed by atoms with Crippen LogP contribution in [0.2, 0.25) is 0 Å². The number of fused-ring (bicyclic) bond motifs is 1. The lowest BCUT2D eigenvalue weighted by molar-refractivity contribution is 0.0805. The Morgan fingerprint density at radius 3 is 2.74 bits per heavy atom. The predicted molar refractivity (Wildman–Crippen MR) is 75.0 cm³/mol. The van der Waals surface area contributed by atoms with Crippen LogP contribution in [0.5, 0.6) is 0 Å². The third-order valence-corrected chi connectivity index (χ3v) is 3.89. The summed E-state index contributed by atoms with van der Waals surface area (Å²) in [6, 6.07) is 7.28. The van der Waals surface area contributed by atoms with Gasteiger partial charge in [0.05, 0.1) is 5.75 Å². The van der Waals surface area contributed by atoms with Crippen LogP contribution in [0.3, 0.4) is 0 Å². The number of carbonyl (C=O) groups is 1. The number of carbonyl (C=O) groups excluding carboxylic acids is 1. The minimum absolute atomic E-state index is 0.0294. The van der Waals surface area contributed by atoms with Crippen LogP contribution in [0.15, 0.2) is 30.5 Å². The van der Waals surface area contributed by atoms with E-state index in [-0.39, 0.29) is 18.2 Å². The number of nitrogens with one attached hydrogen (secondary N) is 1. The van der Waals surface area contributed by atoms with Crippen LogP contribution in [-0.4, -0.2) is 49.8 Å². The fourth-order valence-electron chi connectivity index (χ4n) is 1.88. The molecule has 0 aliphatic carbocycles. The third kappa shape index (κ3) is 3.14. The number of aromatic nitrogens is 1. The zero-order valence-corrected chi connectivity index (χ0v) is 11.7. The fourth-order valence-corrected chi connectivity index (χ4v) is 2.49. The second-order valence-electron chi connectivity index (χ2n) is 4.60. The van der Waals surface area contributed by atoms with Gasteiger partial charge in [-0.2, -0.15) is 0 Å². The average Bonchev–Trinajstić information content (AvgIpc) is 2.82. The minimum atomic E-state index is -3.07. The fraction of sp³-hybridized carbons (Fsp3) is 0.308. The molecule has 0 saturated carbocycles. The number of aromatic amines is 1. The number of rotatable bonds is 4. The van der Waals surface area contributed by atoms with E-state index in [0.29, 0.717) is 5.56 Å². The van der Waals surface area contributed by atoms with Gasteiger partial charge in [-0.05, 0) is 18.2 Å². The normalized spacial score (nSPS) is 11.7. The van der Waals surface area contributed by atoms with Crippen molar-refractivity contribution in [2.75, 3.05) is 25.6 Å². The van der Waals surface area contributed by atoms with E-state index in [1.165, 1.54) is 4.90 Å². The van der Waals surface area contributed by atoms with Crippen molar-refractivity contribution in [2.24, 2.45) is 0 Å². The first kappa shape index (κ1) is 13.6. The van der Waals surface area contributed by atoms with Gasteiger partial charge in [0.2, 0.25) is 0 Å². The lowest BCUT2D eigenvalue weighted by Crippen LogP contribution is -2.31. The van der Waals surface area contributed by atoms with E-state index in [1.807, 2.05) is 12.1 Å². The molecule has 1 aromatic carbocycles. The number of amides is 1. The van der Waals surface area contributed by atoms with E-state index >= 15 is 0 Å². The minimum Gasteiger partial charge on any atom is -0.361 e. The molecule has 0 bridgehead atoms. The molecule has 2 aromatic rings. The van der Waals surface area contributed by atoms with Crippen LogP contribution in [0.4, 0.5) is 0 Å². The zero-order valence-electron chi connectivity index (χ0n) is 10.9. The Balaban J connectivity index is 2.22. The van der Waals surface area contributed by atoms with Gasteiger partial charge in [-0.1, -0.05) is 6.07 Å². The SMILES string of the molecule is CN(CCS(C)(=O)=O)C(=O)c1cccc2[nH]ccc12. The smallest absolute Gasteiger partial charge is 0.254 e. The monoisotopic (exact) mass is 280 g/mol. The van der Waals surface area contributed by atoms with Crippen molar-refractivity contribution >= 4 is 26.6 Å². The highest BCUT2D eigenvalue weighted by Crippen LogP contribution is 2.18. The Bertz CT molecular complexity index is 704. The largest absolute Gasteiger partial charge is 0.361 e. The van der Waals surface area contributed by atoms with Gasteiger partial charge >= 0.3 is 0 Å². The Hall–Kier alpha value is -1.82. The lowest BCUT2D eigenvalue weighted by Gasteiger charge is -2.17. The molecule has 0 aliphatic heterocycles. The number of nitrogens with zero attached hydrogens (tertiary/aromatic N) is 1. The summed E-state index contributed by atoms with van der Waals surface area (Å²) >= 11 is 0. The van der Waals surface area contributed by atoms with Crippen molar-refractivity contribution in [2.45, 2.75) is 0 Å². The average molecular weight is 280 g/mol. The van der Waals surface area contributed by atoms with Crippen molar-refractivity contribution in [1.29, 1.82) is 0 Å². The van der Waals surface area contributed by atoms with E-state index < -0.39 is 9.84 Å². The van der Waals surface area contributed by atoms with E-state index in [1.54, 1.807) is 25.4 Å². The zero-order chi connectivity index (χ0) is 14.0. The third-order valence-electron chi connectivity index (χ3n) is 2.97. The predicted octanol–water partition coefficient (Wildman–Crippen LogP) is 1.28. The highest BCUT2D eigenvalue weighted by Gasteiger charge is 2.16. The number of benzene rings is 1. The Kier molecular flexibility index (Phi) is 3.61. The molecular weight excluding hydrogens is 264 g/mol. The number of hydrogen-bond donors (Lipinski definition) is 1. The molecule has 0 unspecified atom stereocenters. The van der Waals surface area contributed by atoms with Gasteiger partial charge in [-0.3, -0.25) is 4.79 Å². The number of H-pyrrole nitrogens is 1. The lowest BCUT2D eigenvalue weighted by atomic mass is 10.1. The maximum atomic E-state index is 12.3. The first-order valence-corrected chi connectivity index (χ1v) is 7.94. The molecule has 5 nitrogen and oxygen atoms in total. The number of hydrogen-bond acceptors (Lipinski definition) is 3. The first-order valence-electron chi connectivity index (χ1n) is 5.88. The molecule has 1 aromatic heterocycles.